The van der Waals surface area contributed by atoms with E-state index in [1.54, 1.807) is 12.3 Å². The van der Waals surface area contributed by atoms with Gasteiger partial charge in [-0.05, 0) is 44.9 Å². The average Bonchev–Trinajstić information content (AvgIpc) is 2.91. The molecule has 0 fully saturated rings. The highest BCUT2D eigenvalue weighted by atomic mass is 35.5. The molecule has 3 aromatic rings. The number of carbonyl (C=O) groups excluding carboxylic acids is 1. The Morgan fingerprint density at radius 3 is 2.60 bits per heavy atom. The van der Waals surface area contributed by atoms with Crippen molar-refractivity contribution in [2.45, 2.75) is 38.1 Å². The van der Waals surface area contributed by atoms with Gasteiger partial charge >= 0.3 is 0 Å². The molecule has 7 heteroatoms. The monoisotopic (exact) mass is 374 g/mol. The first-order valence-corrected chi connectivity index (χ1v) is 9.16. The van der Waals surface area contributed by atoms with Crippen molar-refractivity contribution >= 4 is 46.1 Å². The number of nitrogens with zero attached hydrogens (tertiary/aromatic N) is 2. The number of benzene rings is 1. The molecule has 2 N–H and O–H groups in total. The van der Waals surface area contributed by atoms with Gasteiger partial charge in [0.15, 0.2) is 10.8 Å². The number of imidazole rings is 1. The van der Waals surface area contributed by atoms with Gasteiger partial charge < -0.3 is 10.3 Å². The molecule has 0 aliphatic carbocycles. The predicted molar refractivity (Wildman–Crippen MR) is 104 cm³/mol. The SMILES string of the molecule is Cc1cc(C)c(NC(=O)[C@@H](C)Sc2nc3ncc(Cl)cc3[nH]2)c(C)c1. The Balaban J connectivity index is 1.74. The molecule has 0 spiro atoms. The highest BCUT2D eigenvalue weighted by Crippen LogP contribution is 2.27. The maximum absolute atomic E-state index is 12.6. The fraction of sp³-hybridized carbons (Fsp3) is 0.278. The topological polar surface area (TPSA) is 70.7 Å². The number of aryl methyl sites for hydroxylation is 3. The van der Waals surface area contributed by atoms with Crippen LogP contribution in [0.4, 0.5) is 5.69 Å². The molecular weight excluding hydrogens is 356 g/mol. The van der Waals surface area contributed by atoms with E-state index in [1.807, 2.05) is 27.7 Å². The summed E-state index contributed by atoms with van der Waals surface area (Å²) in [5, 5.41) is 3.91. The number of halogens is 1. The Kier molecular flexibility index (Phi) is 5.01. The van der Waals surface area contributed by atoms with Crippen molar-refractivity contribution in [2.75, 3.05) is 5.32 Å². The van der Waals surface area contributed by atoms with Crippen molar-refractivity contribution in [2.24, 2.45) is 0 Å². The van der Waals surface area contributed by atoms with Crippen LogP contribution in [0.25, 0.3) is 11.2 Å². The van der Waals surface area contributed by atoms with Crippen molar-refractivity contribution < 1.29 is 4.79 Å². The number of fused-ring (bicyclic) bond motifs is 1. The first-order valence-electron chi connectivity index (χ1n) is 7.90. The zero-order chi connectivity index (χ0) is 18.1. The van der Waals surface area contributed by atoms with E-state index in [9.17, 15) is 4.79 Å². The van der Waals surface area contributed by atoms with E-state index in [4.69, 9.17) is 11.6 Å². The van der Waals surface area contributed by atoms with Crippen LogP contribution in [-0.2, 0) is 4.79 Å². The molecule has 1 atom stereocenters. The molecular formula is C18H19ClN4OS. The average molecular weight is 375 g/mol. The minimum Gasteiger partial charge on any atom is -0.331 e. The molecule has 0 bridgehead atoms. The normalized spacial score (nSPS) is 12.4. The van der Waals surface area contributed by atoms with E-state index in [-0.39, 0.29) is 11.2 Å². The zero-order valence-electron chi connectivity index (χ0n) is 14.5. The summed E-state index contributed by atoms with van der Waals surface area (Å²) in [6.07, 6.45) is 1.55. The standard InChI is InChI=1S/C18H19ClN4OS/c1-9-5-10(2)15(11(3)6-9)22-17(24)12(4)25-18-21-14-7-13(19)8-20-16(14)23-18/h5-8,12H,1-4H3,(H,22,24)(H,20,21,23)/t12-/m1/s1. The third-order valence-corrected chi connectivity index (χ3v) is 5.06. The number of pyridine rings is 1. The lowest BCUT2D eigenvalue weighted by molar-refractivity contribution is -0.115. The van der Waals surface area contributed by atoms with Gasteiger partial charge in [0.1, 0.15) is 0 Å². The van der Waals surface area contributed by atoms with Crippen molar-refractivity contribution in [3.63, 3.8) is 0 Å². The lowest BCUT2D eigenvalue weighted by atomic mass is 10.1. The third kappa shape index (κ3) is 3.96. The summed E-state index contributed by atoms with van der Waals surface area (Å²) in [4.78, 5) is 24.3. The third-order valence-electron chi connectivity index (χ3n) is 3.87. The molecule has 2 heterocycles. The minimum absolute atomic E-state index is 0.0634. The number of carbonyl (C=O) groups is 1. The van der Waals surface area contributed by atoms with Crippen LogP contribution in [0.3, 0.4) is 0 Å². The molecule has 0 unspecified atom stereocenters. The van der Waals surface area contributed by atoms with Crippen LogP contribution in [0.2, 0.25) is 5.02 Å². The molecule has 1 amide bonds. The van der Waals surface area contributed by atoms with E-state index >= 15 is 0 Å². The maximum atomic E-state index is 12.6. The van der Waals surface area contributed by atoms with Gasteiger partial charge in [-0.15, -0.1) is 0 Å². The summed E-state index contributed by atoms with van der Waals surface area (Å²) in [5.74, 6) is -0.0634. The van der Waals surface area contributed by atoms with Gasteiger partial charge in [-0.1, -0.05) is 41.1 Å². The Morgan fingerprint density at radius 1 is 1.24 bits per heavy atom. The molecule has 130 valence electrons. The number of amides is 1. The lowest BCUT2D eigenvalue weighted by Crippen LogP contribution is -2.23. The minimum atomic E-state index is -0.309. The fourth-order valence-corrected chi connectivity index (χ4v) is 3.70. The Labute approximate surface area is 155 Å². The summed E-state index contributed by atoms with van der Waals surface area (Å²) in [7, 11) is 0. The Morgan fingerprint density at radius 2 is 1.92 bits per heavy atom. The number of nitrogens with one attached hydrogen (secondary N) is 2. The molecule has 0 aliphatic heterocycles. The van der Waals surface area contributed by atoms with Crippen LogP contribution in [0.15, 0.2) is 29.6 Å². The Hall–Kier alpha value is -2.05. The smallest absolute Gasteiger partial charge is 0.237 e. The lowest BCUT2D eigenvalue weighted by Gasteiger charge is -2.15. The van der Waals surface area contributed by atoms with Crippen LogP contribution < -0.4 is 5.32 Å². The van der Waals surface area contributed by atoms with E-state index in [2.05, 4.69) is 32.4 Å². The summed E-state index contributed by atoms with van der Waals surface area (Å²) in [6, 6.07) is 5.90. The molecule has 5 nitrogen and oxygen atoms in total. The first kappa shape index (κ1) is 17.8. The van der Waals surface area contributed by atoms with Crippen molar-refractivity contribution in [3.05, 3.63) is 46.1 Å². The van der Waals surface area contributed by atoms with Crippen LogP contribution in [0.1, 0.15) is 23.6 Å². The van der Waals surface area contributed by atoms with Gasteiger partial charge in [-0.25, -0.2) is 9.97 Å². The van der Waals surface area contributed by atoms with Gasteiger partial charge in [-0.2, -0.15) is 0 Å². The molecule has 1 aromatic carbocycles. The molecule has 3 rings (SSSR count). The van der Waals surface area contributed by atoms with Gasteiger partial charge in [-0.3, -0.25) is 4.79 Å². The van der Waals surface area contributed by atoms with E-state index in [1.165, 1.54) is 17.3 Å². The number of rotatable bonds is 4. The molecule has 0 saturated carbocycles. The Bertz CT molecular complexity index is 930. The number of thioether (sulfide) groups is 1. The van der Waals surface area contributed by atoms with Crippen molar-refractivity contribution in [1.82, 2.24) is 15.0 Å². The molecule has 0 saturated heterocycles. The number of H-pyrrole nitrogens is 1. The molecule has 0 aliphatic rings. The molecule has 0 radical (unpaired) electrons. The van der Waals surface area contributed by atoms with Crippen molar-refractivity contribution in [3.8, 4) is 0 Å². The second-order valence-electron chi connectivity index (χ2n) is 6.09. The summed E-state index contributed by atoms with van der Waals surface area (Å²) < 4.78 is 0. The summed E-state index contributed by atoms with van der Waals surface area (Å²) >= 11 is 7.29. The second-order valence-corrected chi connectivity index (χ2v) is 7.86. The summed E-state index contributed by atoms with van der Waals surface area (Å²) in [5.41, 5.74) is 5.53. The van der Waals surface area contributed by atoms with Crippen LogP contribution >= 0.6 is 23.4 Å². The number of aromatic amines is 1. The van der Waals surface area contributed by atoms with E-state index < -0.39 is 0 Å². The van der Waals surface area contributed by atoms with Gasteiger partial charge in [0, 0.05) is 11.9 Å². The van der Waals surface area contributed by atoms with Gasteiger partial charge in [0.2, 0.25) is 5.91 Å². The quantitative estimate of drug-likeness (QED) is 0.652. The number of aromatic nitrogens is 3. The second kappa shape index (κ2) is 7.06. The number of anilines is 1. The zero-order valence-corrected chi connectivity index (χ0v) is 16.0. The van der Waals surface area contributed by atoms with Gasteiger partial charge in [0.05, 0.1) is 15.8 Å². The molecule has 25 heavy (non-hydrogen) atoms. The first-order chi connectivity index (χ1) is 11.8. The number of hydrogen-bond acceptors (Lipinski definition) is 4. The number of hydrogen-bond donors (Lipinski definition) is 2. The fourth-order valence-electron chi connectivity index (χ4n) is 2.73. The largest absolute Gasteiger partial charge is 0.331 e. The highest BCUT2D eigenvalue weighted by Gasteiger charge is 2.18. The van der Waals surface area contributed by atoms with Crippen LogP contribution in [-0.4, -0.2) is 26.1 Å². The van der Waals surface area contributed by atoms with Crippen LogP contribution in [0, 0.1) is 20.8 Å². The van der Waals surface area contributed by atoms with Crippen molar-refractivity contribution in [1.29, 1.82) is 0 Å². The highest BCUT2D eigenvalue weighted by molar-refractivity contribution is 8.00. The molecule has 2 aromatic heterocycles. The van der Waals surface area contributed by atoms with E-state index in [0.29, 0.717) is 15.8 Å². The summed E-state index contributed by atoms with van der Waals surface area (Å²) in [6.45, 7) is 7.91. The maximum Gasteiger partial charge on any atom is 0.237 e. The van der Waals surface area contributed by atoms with E-state index in [0.717, 1.165) is 22.3 Å². The van der Waals surface area contributed by atoms with Crippen LogP contribution in [0.5, 0.6) is 0 Å². The van der Waals surface area contributed by atoms with Gasteiger partial charge in [0.25, 0.3) is 0 Å². The predicted octanol–water partition coefficient (Wildman–Crippen LogP) is 4.66.